The van der Waals surface area contributed by atoms with E-state index in [1.165, 1.54) is 10.9 Å². The highest BCUT2D eigenvalue weighted by Crippen LogP contribution is 2.23. The number of carbonyl (C=O) groups is 2. The third-order valence-corrected chi connectivity index (χ3v) is 4.96. The molecule has 0 radical (unpaired) electrons. The van der Waals surface area contributed by atoms with Crippen molar-refractivity contribution in [2.24, 2.45) is 0 Å². The molecule has 0 aliphatic rings. The van der Waals surface area contributed by atoms with E-state index in [9.17, 15) is 9.59 Å². The maximum absolute atomic E-state index is 12.1. The van der Waals surface area contributed by atoms with E-state index in [0.29, 0.717) is 4.88 Å². The number of amides is 2. The average molecular weight is 310 g/mol. The minimum atomic E-state index is -0.615. The predicted molar refractivity (Wildman–Crippen MR) is 78.5 cm³/mol. The van der Waals surface area contributed by atoms with Crippen molar-refractivity contribution in [3.8, 4) is 0 Å². The van der Waals surface area contributed by atoms with Crippen LogP contribution < -0.4 is 10.8 Å². The molecule has 2 aromatic rings. The van der Waals surface area contributed by atoms with Gasteiger partial charge in [-0.15, -0.1) is 22.7 Å². The van der Waals surface area contributed by atoms with Crippen molar-refractivity contribution in [2.75, 3.05) is 0 Å². The van der Waals surface area contributed by atoms with Gasteiger partial charge in [0, 0.05) is 9.75 Å². The molecule has 106 valence electrons. The van der Waals surface area contributed by atoms with E-state index in [0.717, 1.165) is 16.2 Å². The Bertz CT molecular complexity index is 633. The van der Waals surface area contributed by atoms with Crippen LogP contribution in [0.4, 0.5) is 0 Å². The fraction of sp³-hybridized carbons (Fsp3) is 0.231. The number of hydrogen-bond donors (Lipinski definition) is 3. The number of nitrogens with one attached hydrogen (secondary N) is 2. The topological polar surface area (TPSA) is 78.4 Å². The molecule has 2 amide bonds. The monoisotopic (exact) mass is 310 g/mol. The van der Waals surface area contributed by atoms with E-state index in [1.807, 2.05) is 26.0 Å². The van der Waals surface area contributed by atoms with Crippen LogP contribution in [0, 0.1) is 6.92 Å². The van der Waals surface area contributed by atoms with Crippen molar-refractivity contribution in [1.82, 2.24) is 10.8 Å². The van der Waals surface area contributed by atoms with Crippen LogP contribution in [0.25, 0.3) is 0 Å². The Kier molecular flexibility index (Phi) is 4.53. The number of aryl methyl sites for hydroxylation is 1. The minimum absolute atomic E-state index is 0.0848. The van der Waals surface area contributed by atoms with Crippen molar-refractivity contribution in [3.05, 3.63) is 43.8 Å². The number of rotatable bonds is 4. The molecule has 5 nitrogen and oxygen atoms in total. The fourth-order valence-corrected chi connectivity index (χ4v) is 3.34. The van der Waals surface area contributed by atoms with Gasteiger partial charge in [0.15, 0.2) is 0 Å². The van der Waals surface area contributed by atoms with Gasteiger partial charge in [0.25, 0.3) is 11.8 Å². The van der Waals surface area contributed by atoms with Crippen molar-refractivity contribution in [1.29, 1.82) is 0 Å². The molecule has 3 N–H and O–H groups in total. The Morgan fingerprint density at radius 1 is 1.10 bits per heavy atom. The first kappa shape index (κ1) is 14.7. The van der Waals surface area contributed by atoms with Gasteiger partial charge in [-0.3, -0.25) is 14.8 Å². The molecule has 2 heterocycles. The van der Waals surface area contributed by atoms with E-state index in [2.05, 4.69) is 5.32 Å². The number of carbonyl (C=O) groups excluding carboxylic acids is 2. The fourth-order valence-electron chi connectivity index (χ4n) is 1.66. The molecule has 0 saturated carbocycles. The van der Waals surface area contributed by atoms with Crippen LogP contribution in [-0.4, -0.2) is 17.0 Å². The van der Waals surface area contributed by atoms with Gasteiger partial charge in [-0.2, -0.15) is 0 Å². The van der Waals surface area contributed by atoms with E-state index in [4.69, 9.17) is 5.21 Å². The lowest BCUT2D eigenvalue weighted by Gasteiger charge is -2.11. The lowest BCUT2D eigenvalue weighted by atomic mass is 10.2. The normalized spacial score (nSPS) is 11.9. The molecule has 7 heteroatoms. The number of thiophene rings is 2. The minimum Gasteiger partial charge on any atom is -0.344 e. The summed E-state index contributed by atoms with van der Waals surface area (Å²) >= 11 is 2.67. The largest absolute Gasteiger partial charge is 0.344 e. The first-order valence-corrected chi connectivity index (χ1v) is 7.56. The molecule has 0 saturated heterocycles. The van der Waals surface area contributed by atoms with Gasteiger partial charge < -0.3 is 5.32 Å². The molecule has 0 spiro atoms. The van der Waals surface area contributed by atoms with E-state index in [-0.39, 0.29) is 16.8 Å². The average Bonchev–Trinajstić information content (AvgIpc) is 3.06. The molecule has 1 atom stereocenters. The molecular weight excluding hydrogens is 296 g/mol. The standard InChI is InChI=1S/C13H14N2O3S2/c1-7-3-4-9(19-7)8(2)14-12(16)10-5-6-11(20-10)13(17)15-18/h3-6,8,18H,1-2H3,(H,14,16)(H,15,17)/t8-/m1/s1. The van der Waals surface area contributed by atoms with Crippen LogP contribution in [0.3, 0.4) is 0 Å². The van der Waals surface area contributed by atoms with Gasteiger partial charge >= 0.3 is 0 Å². The summed E-state index contributed by atoms with van der Waals surface area (Å²) < 4.78 is 0. The lowest BCUT2D eigenvalue weighted by molar-refractivity contribution is 0.0711. The Morgan fingerprint density at radius 2 is 1.75 bits per heavy atom. The molecule has 0 unspecified atom stereocenters. The summed E-state index contributed by atoms with van der Waals surface area (Å²) in [6.07, 6.45) is 0. The number of hydroxylamine groups is 1. The Morgan fingerprint density at radius 3 is 2.30 bits per heavy atom. The van der Waals surface area contributed by atoms with E-state index >= 15 is 0 Å². The molecule has 0 aliphatic heterocycles. The smallest absolute Gasteiger partial charge is 0.284 e. The van der Waals surface area contributed by atoms with Crippen molar-refractivity contribution >= 4 is 34.5 Å². The second-order valence-electron chi connectivity index (χ2n) is 4.25. The van der Waals surface area contributed by atoms with Gasteiger partial charge in [0.05, 0.1) is 15.8 Å². The van der Waals surface area contributed by atoms with Gasteiger partial charge in [0.1, 0.15) is 0 Å². The first-order valence-electron chi connectivity index (χ1n) is 5.92. The van der Waals surface area contributed by atoms with Gasteiger partial charge in [0.2, 0.25) is 0 Å². The van der Waals surface area contributed by atoms with Crippen molar-refractivity contribution in [3.63, 3.8) is 0 Å². The summed E-state index contributed by atoms with van der Waals surface area (Å²) in [5, 5.41) is 11.4. The SMILES string of the molecule is Cc1ccc([C@@H](C)NC(=O)c2ccc(C(=O)NO)s2)s1. The highest BCUT2D eigenvalue weighted by Gasteiger charge is 2.16. The van der Waals surface area contributed by atoms with Gasteiger partial charge in [-0.25, -0.2) is 5.48 Å². The zero-order valence-electron chi connectivity index (χ0n) is 11.0. The van der Waals surface area contributed by atoms with Crippen molar-refractivity contribution in [2.45, 2.75) is 19.9 Å². The summed E-state index contributed by atoms with van der Waals surface area (Å²) in [6, 6.07) is 6.99. The van der Waals surface area contributed by atoms with Crippen molar-refractivity contribution < 1.29 is 14.8 Å². The maximum atomic E-state index is 12.1. The first-order chi connectivity index (χ1) is 9.51. The van der Waals surface area contributed by atoms with Crippen LogP contribution in [0.2, 0.25) is 0 Å². The van der Waals surface area contributed by atoms with Crippen LogP contribution >= 0.6 is 22.7 Å². The highest BCUT2D eigenvalue weighted by molar-refractivity contribution is 7.16. The zero-order chi connectivity index (χ0) is 14.7. The Balaban J connectivity index is 2.04. The van der Waals surface area contributed by atoms with Gasteiger partial charge in [-0.1, -0.05) is 0 Å². The van der Waals surface area contributed by atoms with E-state index in [1.54, 1.807) is 22.9 Å². The quantitative estimate of drug-likeness (QED) is 0.600. The van der Waals surface area contributed by atoms with Crippen LogP contribution in [0.15, 0.2) is 24.3 Å². The number of hydrogen-bond acceptors (Lipinski definition) is 5. The van der Waals surface area contributed by atoms with E-state index < -0.39 is 5.91 Å². The summed E-state index contributed by atoms with van der Waals surface area (Å²) in [4.78, 5) is 26.3. The molecule has 0 fully saturated rings. The predicted octanol–water partition coefficient (Wildman–Crippen LogP) is 2.73. The second kappa shape index (κ2) is 6.17. The second-order valence-corrected chi connectivity index (χ2v) is 6.65. The highest BCUT2D eigenvalue weighted by atomic mass is 32.1. The molecule has 0 aliphatic carbocycles. The van der Waals surface area contributed by atoms with Crippen LogP contribution in [-0.2, 0) is 0 Å². The van der Waals surface area contributed by atoms with Crippen LogP contribution in [0.5, 0.6) is 0 Å². The molecule has 2 rings (SSSR count). The summed E-state index contributed by atoms with van der Waals surface area (Å²) in [6.45, 7) is 3.93. The van der Waals surface area contributed by atoms with Gasteiger partial charge in [-0.05, 0) is 38.1 Å². The summed E-state index contributed by atoms with van der Waals surface area (Å²) in [5.74, 6) is -0.846. The lowest BCUT2D eigenvalue weighted by Crippen LogP contribution is -2.25. The zero-order valence-corrected chi connectivity index (χ0v) is 12.6. The summed E-state index contributed by atoms with van der Waals surface area (Å²) in [5.41, 5.74) is 1.54. The third-order valence-electron chi connectivity index (χ3n) is 2.69. The molecule has 20 heavy (non-hydrogen) atoms. The maximum Gasteiger partial charge on any atom is 0.284 e. The Labute approximate surface area is 124 Å². The molecular formula is C13H14N2O3S2. The molecule has 2 aromatic heterocycles. The summed E-state index contributed by atoms with van der Waals surface area (Å²) in [7, 11) is 0. The molecule has 0 bridgehead atoms. The van der Waals surface area contributed by atoms with Crippen LogP contribution in [0.1, 0.15) is 42.1 Å². The Hall–Kier alpha value is -1.70. The third kappa shape index (κ3) is 3.24. The molecule has 0 aromatic carbocycles.